The second-order valence-corrected chi connectivity index (χ2v) is 6.74. The normalized spacial score (nSPS) is 19.6. The molecule has 2 rings (SSSR count). The minimum atomic E-state index is 0.108. The van der Waals surface area contributed by atoms with E-state index in [0.29, 0.717) is 22.4 Å². The van der Waals surface area contributed by atoms with Crippen molar-refractivity contribution in [1.82, 2.24) is 4.90 Å². The van der Waals surface area contributed by atoms with Crippen molar-refractivity contribution in [3.05, 3.63) is 32.4 Å². The van der Waals surface area contributed by atoms with Crippen LogP contribution in [0.15, 0.2) is 18.2 Å². The summed E-state index contributed by atoms with van der Waals surface area (Å²) in [6, 6.07) is 5.53. The van der Waals surface area contributed by atoms with E-state index in [1.54, 1.807) is 6.07 Å². The lowest BCUT2D eigenvalue weighted by Gasteiger charge is -2.18. The number of carbonyl (C=O) groups is 1. The van der Waals surface area contributed by atoms with E-state index < -0.39 is 0 Å². The van der Waals surface area contributed by atoms with Crippen LogP contribution in [0.3, 0.4) is 0 Å². The molecule has 0 spiro atoms. The van der Waals surface area contributed by atoms with Gasteiger partial charge in [0.1, 0.15) is 0 Å². The summed E-state index contributed by atoms with van der Waals surface area (Å²) in [5, 5.41) is 0.654. The molecule has 0 N–H and O–H groups in total. The molecule has 1 aliphatic rings. The van der Waals surface area contributed by atoms with Gasteiger partial charge in [-0.05, 0) is 59.0 Å². The highest BCUT2D eigenvalue weighted by Gasteiger charge is 2.28. The van der Waals surface area contributed by atoms with Crippen molar-refractivity contribution in [3.8, 4) is 0 Å². The molecule has 1 aliphatic heterocycles. The maximum Gasteiger partial charge on any atom is 0.253 e. The fourth-order valence-corrected chi connectivity index (χ4v) is 2.84. The lowest BCUT2D eigenvalue weighted by Crippen LogP contribution is -2.29. The summed E-state index contributed by atoms with van der Waals surface area (Å²) in [4.78, 5) is 14.3. The minimum Gasteiger partial charge on any atom is -0.338 e. The van der Waals surface area contributed by atoms with Crippen molar-refractivity contribution in [3.63, 3.8) is 0 Å². The molecule has 1 aromatic carbocycles. The molecule has 98 valence electrons. The number of benzene rings is 1. The molecule has 4 heteroatoms. The topological polar surface area (TPSA) is 20.3 Å². The molecule has 0 bridgehead atoms. The Kier molecular flexibility index (Phi) is 4.54. The predicted molar refractivity (Wildman–Crippen MR) is 83.0 cm³/mol. The Bertz CT molecular complexity index is 461. The summed E-state index contributed by atoms with van der Waals surface area (Å²) in [7, 11) is 0. The molecule has 0 saturated carbocycles. The highest BCUT2D eigenvalue weighted by atomic mass is 127. The van der Waals surface area contributed by atoms with Gasteiger partial charge >= 0.3 is 0 Å². The van der Waals surface area contributed by atoms with Crippen molar-refractivity contribution in [2.24, 2.45) is 11.8 Å². The van der Waals surface area contributed by atoms with Crippen LogP contribution in [0, 0.1) is 15.4 Å². The first-order valence-electron chi connectivity index (χ1n) is 6.23. The van der Waals surface area contributed by atoms with Crippen molar-refractivity contribution >= 4 is 40.1 Å². The molecule has 1 amide bonds. The van der Waals surface area contributed by atoms with Gasteiger partial charge < -0.3 is 4.90 Å². The second-order valence-electron chi connectivity index (χ2n) is 5.17. The zero-order chi connectivity index (χ0) is 13.3. The van der Waals surface area contributed by atoms with Crippen LogP contribution in [0.1, 0.15) is 30.6 Å². The van der Waals surface area contributed by atoms with Gasteiger partial charge in [-0.3, -0.25) is 4.79 Å². The molecular formula is C14H17ClINO. The number of rotatable bonds is 2. The van der Waals surface area contributed by atoms with Gasteiger partial charge in [-0.25, -0.2) is 0 Å². The van der Waals surface area contributed by atoms with E-state index in [0.717, 1.165) is 23.1 Å². The number of carbonyl (C=O) groups excluding carboxylic acids is 1. The molecule has 1 saturated heterocycles. The summed E-state index contributed by atoms with van der Waals surface area (Å²) in [5.74, 6) is 1.38. The molecule has 18 heavy (non-hydrogen) atoms. The largest absolute Gasteiger partial charge is 0.338 e. The van der Waals surface area contributed by atoms with E-state index in [9.17, 15) is 4.79 Å². The summed E-state index contributed by atoms with van der Waals surface area (Å²) in [6.45, 7) is 6.19. The highest BCUT2D eigenvalue weighted by Crippen LogP contribution is 2.26. The molecule has 2 nitrogen and oxygen atoms in total. The van der Waals surface area contributed by atoms with E-state index >= 15 is 0 Å². The average Bonchev–Trinajstić information content (AvgIpc) is 2.81. The first kappa shape index (κ1) is 14.1. The van der Waals surface area contributed by atoms with Gasteiger partial charge in [0.15, 0.2) is 0 Å². The van der Waals surface area contributed by atoms with Crippen molar-refractivity contribution in [2.45, 2.75) is 20.3 Å². The second kappa shape index (κ2) is 5.78. The van der Waals surface area contributed by atoms with Gasteiger partial charge in [-0.2, -0.15) is 0 Å². The van der Waals surface area contributed by atoms with Crippen LogP contribution in [0.5, 0.6) is 0 Å². The molecule has 0 aromatic heterocycles. The standard InChI is InChI=1S/C14H17ClINO/c1-9(2)11-5-6-17(8-11)14(18)10-3-4-13(16)12(15)7-10/h3-4,7,9,11H,5-6,8H2,1-2H3. The first-order chi connectivity index (χ1) is 8.49. The third kappa shape index (κ3) is 2.99. The summed E-state index contributed by atoms with van der Waals surface area (Å²) in [6.07, 6.45) is 1.11. The molecule has 1 atom stereocenters. The number of likely N-dealkylation sites (tertiary alicyclic amines) is 1. The van der Waals surface area contributed by atoms with Crippen LogP contribution in [0.4, 0.5) is 0 Å². The van der Waals surface area contributed by atoms with Crippen LogP contribution in [-0.4, -0.2) is 23.9 Å². The molecule has 0 radical (unpaired) electrons. The average molecular weight is 378 g/mol. The number of hydrogen-bond acceptors (Lipinski definition) is 1. The fourth-order valence-electron chi connectivity index (χ4n) is 2.33. The summed E-state index contributed by atoms with van der Waals surface area (Å²) >= 11 is 8.23. The zero-order valence-corrected chi connectivity index (χ0v) is 13.5. The third-order valence-electron chi connectivity index (χ3n) is 3.62. The Morgan fingerprint density at radius 1 is 1.50 bits per heavy atom. The van der Waals surface area contributed by atoms with Gasteiger partial charge in [0, 0.05) is 22.2 Å². The Labute approximate surface area is 127 Å². The van der Waals surface area contributed by atoms with Gasteiger partial charge in [-0.15, -0.1) is 0 Å². The fraction of sp³-hybridized carbons (Fsp3) is 0.500. The van der Waals surface area contributed by atoms with Crippen LogP contribution in [0.2, 0.25) is 5.02 Å². The number of amides is 1. The molecule has 1 heterocycles. The van der Waals surface area contributed by atoms with Crippen molar-refractivity contribution in [1.29, 1.82) is 0 Å². The maximum atomic E-state index is 12.3. The van der Waals surface area contributed by atoms with Crippen LogP contribution >= 0.6 is 34.2 Å². The third-order valence-corrected chi connectivity index (χ3v) is 5.19. The minimum absolute atomic E-state index is 0.108. The maximum absolute atomic E-state index is 12.3. The van der Waals surface area contributed by atoms with E-state index in [-0.39, 0.29) is 5.91 Å². The summed E-state index contributed by atoms with van der Waals surface area (Å²) < 4.78 is 0.979. The van der Waals surface area contributed by atoms with Gasteiger partial charge in [0.25, 0.3) is 5.91 Å². The van der Waals surface area contributed by atoms with Gasteiger partial charge in [0.2, 0.25) is 0 Å². The summed E-state index contributed by atoms with van der Waals surface area (Å²) in [5.41, 5.74) is 0.699. The lowest BCUT2D eigenvalue weighted by molar-refractivity contribution is 0.0784. The lowest BCUT2D eigenvalue weighted by atomic mass is 9.95. The van der Waals surface area contributed by atoms with E-state index in [4.69, 9.17) is 11.6 Å². The Morgan fingerprint density at radius 2 is 2.22 bits per heavy atom. The predicted octanol–water partition coefficient (Wildman–Crippen LogP) is 4.06. The van der Waals surface area contributed by atoms with Crippen LogP contribution in [0.25, 0.3) is 0 Å². The van der Waals surface area contributed by atoms with Crippen molar-refractivity contribution in [2.75, 3.05) is 13.1 Å². The number of halogens is 2. The number of nitrogens with zero attached hydrogens (tertiary/aromatic N) is 1. The SMILES string of the molecule is CC(C)C1CCN(C(=O)c2ccc(I)c(Cl)c2)C1. The Hall–Kier alpha value is -0.290. The Morgan fingerprint density at radius 3 is 2.78 bits per heavy atom. The van der Waals surface area contributed by atoms with Crippen molar-refractivity contribution < 1.29 is 4.79 Å². The monoisotopic (exact) mass is 377 g/mol. The zero-order valence-electron chi connectivity index (χ0n) is 10.6. The molecule has 1 unspecified atom stereocenters. The molecular weight excluding hydrogens is 361 g/mol. The molecule has 1 aromatic rings. The van der Waals surface area contributed by atoms with Gasteiger partial charge in [-0.1, -0.05) is 25.4 Å². The highest BCUT2D eigenvalue weighted by molar-refractivity contribution is 14.1. The van der Waals surface area contributed by atoms with Gasteiger partial charge in [0.05, 0.1) is 5.02 Å². The molecule has 1 fully saturated rings. The van der Waals surface area contributed by atoms with Crippen LogP contribution in [-0.2, 0) is 0 Å². The van der Waals surface area contributed by atoms with Crippen LogP contribution < -0.4 is 0 Å². The van der Waals surface area contributed by atoms with E-state index in [1.807, 2.05) is 17.0 Å². The quantitative estimate of drug-likeness (QED) is 0.712. The Balaban J connectivity index is 2.10. The van der Waals surface area contributed by atoms with E-state index in [2.05, 4.69) is 36.4 Å². The smallest absolute Gasteiger partial charge is 0.253 e. The molecule has 0 aliphatic carbocycles. The van der Waals surface area contributed by atoms with E-state index in [1.165, 1.54) is 0 Å². The first-order valence-corrected chi connectivity index (χ1v) is 7.69. The number of hydrogen-bond donors (Lipinski definition) is 0.